The van der Waals surface area contributed by atoms with E-state index in [4.69, 9.17) is 14.2 Å². The van der Waals surface area contributed by atoms with Crippen molar-refractivity contribution in [3.63, 3.8) is 0 Å². The van der Waals surface area contributed by atoms with Crippen LogP contribution < -0.4 is 19.5 Å². The van der Waals surface area contributed by atoms with Crippen LogP contribution in [0.4, 0.5) is 0 Å². The van der Waals surface area contributed by atoms with E-state index in [0.717, 1.165) is 16.3 Å². The van der Waals surface area contributed by atoms with E-state index in [0.29, 0.717) is 29.4 Å². The number of aryl methyl sites for hydroxylation is 1. The van der Waals surface area contributed by atoms with Crippen LogP contribution in [0, 0.1) is 6.92 Å². The standard InChI is InChI=1S/C21H22N2O4S/c1-13-7-5-6-8-16(13)21-23-15(12-28-21)11-22-20(24)14-9-17(25-2)19(27-4)18(10-14)26-3/h5-10,12H,11H2,1-4H3,(H,22,24). The number of carbonyl (C=O) groups is 1. The molecule has 3 rings (SSSR count). The van der Waals surface area contributed by atoms with E-state index in [1.165, 1.54) is 26.9 Å². The Hall–Kier alpha value is -3.06. The van der Waals surface area contributed by atoms with Gasteiger partial charge in [-0.25, -0.2) is 4.98 Å². The Labute approximate surface area is 168 Å². The van der Waals surface area contributed by atoms with Gasteiger partial charge in [-0.05, 0) is 24.6 Å². The van der Waals surface area contributed by atoms with Crippen molar-refractivity contribution >= 4 is 17.2 Å². The first-order valence-electron chi connectivity index (χ1n) is 8.66. The molecule has 1 aromatic heterocycles. The number of hydrogen-bond donors (Lipinski definition) is 1. The number of nitrogens with zero attached hydrogens (tertiary/aromatic N) is 1. The highest BCUT2D eigenvalue weighted by Gasteiger charge is 2.17. The molecule has 146 valence electrons. The lowest BCUT2D eigenvalue weighted by atomic mass is 10.1. The third kappa shape index (κ3) is 4.09. The molecule has 1 N–H and O–H groups in total. The van der Waals surface area contributed by atoms with E-state index >= 15 is 0 Å². The van der Waals surface area contributed by atoms with Crippen molar-refractivity contribution < 1.29 is 19.0 Å². The van der Waals surface area contributed by atoms with Crippen LogP contribution in [0.2, 0.25) is 0 Å². The summed E-state index contributed by atoms with van der Waals surface area (Å²) < 4.78 is 15.9. The van der Waals surface area contributed by atoms with Gasteiger partial charge in [0.05, 0.1) is 33.6 Å². The monoisotopic (exact) mass is 398 g/mol. The second kappa shape index (κ2) is 8.75. The van der Waals surface area contributed by atoms with Gasteiger partial charge in [-0.2, -0.15) is 0 Å². The molecule has 0 fully saturated rings. The minimum Gasteiger partial charge on any atom is -0.493 e. The van der Waals surface area contributed by atoms with Crippen molar-refractivity contribution in [2.24, 2.45) is 0 Å². The highest BCUT2D eigenvalue weighted by atomic mass is 32.1. The van der Waals surface area contributed by atoms with E-state index < -0.39 is 0 Å². The summed E-state index contributed by atoms with van der Waals surface area (Å²) in [4.78, 5) is 17.2. The number of thiazole rings is 1. The lowest BCUT2D eigenvalue weighted by Gasteiger charge is -2.14. The smallest absolute Gasteiger partial charge is 0.251 e. The van der Waals surface area contributed by atoms with Crippen LogP contribution in [0.3, 0.4) is 0 Å². The largest absolute Gasteiger partial charge is 0.493 e. The van der Waals surface area contributed by atoms with E-state index in [9.17, 15) is 4.79 Å². The molecule has 0 saturated carbocycles. The van der Waals surface area contributed by atoms with Gasteiger partial charge in [-0.15, -0.1) is 11.3 Å². The molecule has 0 aliphatic carbocycles. The van der Waals surface area contributed by atoms with Gasteiger partial charge in [0, 0.05) is 16.5 Å². The summed E-state index contributed by atoms with van der Waals surface area (Å²) in [5.41, 5.74) is 3.51. The van der Waals surface area contributed by atoms with Crippen LogP contribution in [0.15, 0.2) is 41.8 Å². The predicted octanol–water partition coefficient (Wildman–Crippen LogP) is 4.07. The number of hydrogen-bond acceptors (Lipinski definition) is 6. The molecule has 0 radical (unpaired) electrons. The van der Waals surface area contributed by atoms with Crippen molar-refractivity contribution in [2.45, 2.75) is 13.5 Å². The summed E-state index contributed by atoms with van der Waals surface area (Å²) in [6.07, 6.45) is 0. The Morgan fingerprint density at radius 2 is 1.75 bits per heavy atom. The van der Waals surface area contributed by atoms with Crippen LogP contribution in [-0.4, -0.2) is 32.2 Å². The lowest BCUT2D eigenvalue weighted by Crippen LogP contribution is -2.23. The molecule has 1 heterocycles. The molecule has 0 aliphatic heterocycles. The normalized spacial score (nSPS) is 10.4. The minimum absolute atomic E-state index is 0.246. The lowest BCUT2D eigenvalue weighted by molar-refractivity contribution is 0.0949. The first kappa shape index (κ1) is 19.7. The highest BCUT2D eigenvalue weighted by Crippen LogP contribution is 2.38. The van der Waals surface area contributed by atoms with Gasteiger partial charge in [0.15, 0.2) is 11.5 Å². The fourth-order valence-corrected chi connectivity index (χ4v) is 3.72. The minimum atomic E-state index is -0.246. The fraction of sp³-hybridized carbons (Fsp3) is 0.238. The Balaban J connectivity index is 1.74. The topological polar surface area (TPSA) is 69.7 Å². The zero-order valence-electron chi connectivity index (χ0n) is 16.2. The third-order valence-electron chi connectivity index (χ3n) is 4.28. The quantitative estimate of drug-likeness (QED) is 0.650. The van der Waals surface area contributed by atoms with Crippen LogP contribution in [0.25, 0.3) is 10.6 Å². The molecule has 0 spiro atoms. The molecule has 0 saturated heterocycles. The molecule has 0 bridgehead atoms. The molecule has 28 heavy (non-hydrogen) atoms. The van der Waals surface area contributed by atoms with Crippen LogP contribution >= 0.6 is 11.3 Å². The summed E-state index contributed by atoms with van der Waals surface area (Å²) in [6.45, 7) is 2.39. The average molecular weight is 398 g/mol. The maximum Gasteiger partial charge on any atom is 0.251 e. The highest BCUT2D eigenvalue weighted by molar-refractivity contribution is 7.13. The van der Waals surface area contributed by atoms with Crippen molar-refractivity contribution in [1.82, 2.24) is 10.3 Å². The Kier molecular flexibility index (Phi) is 6.16. The zero-order chi connectivity index (χ0) is 20.1. The Morgan fingerprint density at radius 3 is 2.36 bits per heavy atom. The number of carbonyl (C=O) groups excluding carboxylic acids is 1. The molecule has 7 heteroatoms. The molecular weight excluding hydrogens is 376 g/mol. The molecule has 2 aromatic carbocycles. The molecule has 3 aromatic rings. The Bertz CT molecular complexity index is 959. The first-order chi connectivity index (χ1) is 13.6. The van der Waals surface area contributed by atoms with Gasteiger partial charge in [0.25, 0.3) is 5.91 Å². The van der Waals surface area contributed by atoms with E-state index in [-0.39, 0.29) is 5.91 Å². The molecule has 1 amide bonds. The zero-order valence-corrected chi connectivity index (χ0v) is 17.1. The average Bonchev–Trinajstić information content (AvgIpc) is 3.19. The van der Waals surface area contributed by atoms with Crippen molar-refractivity contribution in [3.8, 4) is 27.8 Å². The number of ether oxygens (including phenoxy) is 3. The molecule has 0 unspecified atom stereocenters. The first-order valence-corrected chi connectivity index (χ1v) is 9.54. The number of methoxy groups -OCH3 is 3. The maximum atomic E-state index is 12.6. The van der Waals surface area contributed by atoms with Gasteiger partial charge < -0.3 is 19.5 Å². The van der Waals surface area contributed by atoms with Gasteiger partial charge in [0.2, 0.25) is 5.75 Å². The van der Waals surface area contributed by atoms with E-state index in [1.54, 1.807) is 23.5 Å². The van der Waals surface area contributed by atoms with Gasteiger partial charge in [0.1, 0.15) is 5.01 Å². The second-order valence-corrected chi connectivity index (χ2v) is 6.91. The van der Waals surface area contributed by atoms with Crippen LogP contribution in [0.1, 0.15) is 21.6 Å². The van der Waals surface area contributed by atoms with E-state index in [2.05, 4.69) is 23.3 Å². The van der Waals surface area contributed by atoms with Gasteiger partial charge >= 0.3 is 0 Å². The third-order valence-corrected chi connectivity index (χ3v) is 5.21. The molecule has 6 nitrogen and oxygen atoms in total. The maximum absolute atomic E-state index is 12.6. The summed E-state index contributed by atoms with van der Waals surface area (Å²) in [7, 11) is 4.55. The predicted molar refractivity (Wildman–Crippen MR) is 110 cm³/mol. The van der Waals surface area contributed by atoms with Crippen molar-refractivity contribution in [1.29, 1.82) is 0 Å². The number of rotatable bonds is 7. The Morgan fingerprint density at radius 1 is 1.07 bits per heavy atom. The molecule has 0 aliphatic rings. The number of benzene rings is 2. The molecular formula is C21H22N2O4S. The SMILES string of the molecule is COc1cc(C(=O)NCc2csc(-c3ccccc3C)n2)cc(OC)c1OC. The number of aromatic nitrogens is 1. The number of nitrogens with one attached hydrogen (secondary N) is 1. The van der Waals surface area contributed by atoms with Crippen LogP contribution in [0.5, 0.6) is 17.2 Å². The van der Waals surface area contributed by atoms with Crippen molar-refractivity contribution in [3.05, 3.63) is 58.6 Å². The fourth-order valence-electron chi connectivity index (χ4n) is 2.81. The van der Waals surface area contributed by atoms with Crippen LogP contribution in [-0.2, 0) is 6.54 Å². The van der Waals surface area contributed by atoms with Gasteiger partial charge in [-0.1, -0.05) is 24.3 Å². The summed E-state index contributed by atoms with van der Waals surface area (Å²) in [5.74, 6) is 1.07. The summed E-state index contributed by atoms with van der Waals surface area (Å²) in [6, 6.07) is 11.3. The summed E-state index contributed by atoms with van der Waals surface area (Å²) >= 11 is 1.56. The second-order valence-electron chi connectivity index (χ2n) is 6.06. The number of amides is 1. The van der Waals surface area contributed by atoms with Gasteiger partial charge in [-0.3, -0.25) is 4.79 Å². The summed E-state index contributed by atoms with van der Waals surface area (Å²) in [5, 5.41) is 5.78. The van der Waals surface area contributed by atoms with E-state index in [1.807, 2.05) is 23.6 Å². The molecule has 0 atom stereocenters. The van der Waals surface area contributed by atoms with Crippen molar-refractivity contribution in [2.75, 3.05) is 21.3 Å².